The molecule has 1 heterocycles. The van der Waals surface area contributed by atoms with Crippen molar-refractivity contribution in [1.29, 1.82) is 0 Å². The molecule has 25 heavy (non-hydrogen) atoms. The molecule has 0 bridgehead atoms. The molecule has 2 amide bonds. The van der Waals surface area contributed by atoms with Gasteiger partial charge in [-0.3, -0.25) is 9.59 Å². The molecule has 0 saturated carbocycles. The highest BCUT2D eigenvalue weighted by Gasteiger charge is 2.41. The minimum Gasteiger partial charge on any atom is -0.368 e. The summed E-state index contributed by atoms with van der Waals surface area (Å²) in [5.74, 6) is -0.338. The maximum atomic E-state index is 12.8. The van der Waals surface area contributed by atoms with E-state index in [1.165, 1.54) is 4.90 Å². The summed E-state index contributed by atoms with van der Waals surface area (Å²) < 4.78 is 5.55. The van der Waals surface area contributed by atoms with Gasteiger partial charge in [0, 0.05) is 19.8 Å². The standard InChI is InChI=1S/C19H29N3O3/c1-13-10-14(2)17(15(3)11-13)21-16(23)12-22(4)18(24)19(25-5)6-8-20-9-7-19/h10-11,20H,6-9,12H2,1-5H3,(H,21,23). The molecule has 138 valence electrons. The van der Waals surface area contributed by atoms with Crippen LogP contribution < -0.4 is 10.6 Å². The fraction of sp³-hybridized carbons (Fsp3) is 0.579. The Hall–Kier alpha value is -1.92. The van der Waals surface area contributed by atoms with Crippen LogP contribution in [0.2, 0.25) is 0 Å². The molecule has 2 rings (SSSR count). The molecule has 0 aliphatic carbocycles. The summed E-state index contributed by atoms with van der Waals surface area (Å²) in [6, 6.07) is 4.07. The highest BCUT2D eigenvalue weighted by Crippen LogP contribution is 2.25. The Morgan fingerprint density at radius 2 is 1.76 bits per heavy atom. The summed E-state index contributed by atoms with van der Waals surface area (Å²) in [6.07, 6.45) is 1.23. The number of benzene rings is 1. The lowest BCUT2D eigenvalue weighted by atomic mass is 9.90. The van der Waals surface area contributed by atoms with E-state index in [9.17, 15) is 9.59 Å². The van der Waals surface area contributed by atoms with Gasteiger partial charge in [-0.25, -0.2) is 0 Å². The van der Waals surface area contributed by atoms with E-state index in [1.807, 2.05) is 32.9 Å². The zero-order valence-electron chi connectivity index (χ0n) is 15.9. The number of hydrogen-bond acceptors (Lipinski definition) is 4. The zero-order chi connectivity index (χ0) is 18.6. The van der Waals surface area contributed by atoms with Crippen LogP contribution in [0.3, 0.4) is 0 Å². The number of anilines is 1. The van der Waals surface area contributed by atoms with Gasteiger partial charge in [0.2, 0.25) is 5.91 Å². The Kier molecular flexibility index (Phi) is 6.19. The third-order valence-corrected chi connectivity index (χ3v) is 4.86. The molecule has 1 aliphatic heterocycles. The van der Waals surface area contributed by atoms with Gasteiger partial charge in [0.15, 0.2) is 0 Å². The second-order valence-corrected chi connectivity index (χ2v) is 6.93. The Balaban J connectivity index is 2.03. The Bertz CT molecular complexity index is 628. The summed E-state index contributed by atoms with van der Waals surface area (Å²) in [7, 11) is 3.22. The normalized spacial score (nSPS) is 16.4. The Labute approximate surface area is 149 Å². The number of amides is 2. The number of carbonyl (C=O) groups excluding carboxylic acids is 2. The van der Waals surface area contributed by atoms with E-state index in [0.717, 1.165) is 35.5 Å². The molecule has 6 heteroatoms. The van der Waals surface area contributed by atoms with Crippen molar-refractivity contribution in [1.82, 2.24) is 10.2 Å². The lowest BCUT2D eigenvalue weighted by molar-refractivity contribution is -0.157. The van der Waals surface area contributed by atoms with Gasteiger partial charge in [-0.2, -0.15) is 0 Å². The van der Waals surface area contributed by atoms with Gasteiger partial charge >= 0.3 is 0 Å². The number of carbonyl (C=O) groups is 2. The highest BCUT2D eigenvalue weighted by molar-refractivity contribution is 5.97. The van der Waals surface area contributed by atoms with E-state index in [2.05, 4.69) is 10.6 Å². The van der Waals surface area contributed by atoms with Crippen LogP contribution in [0.25, 0.3) is 0 Å². The van der Waals surface area contributed by atoms with Crippen molar-refractivity contribution in [3.63, 3.8) is 0 Å². The molecule has 0 atom stereocenters. The zero-order valence-corrected chi connectivity index (χ0v) is 15.9. The first-order valence-corrected chi connectivity index (χ1v) is 8.68. The van der Waals surface area contributed by atoms with Crippen LogP contribution in [0.5, 0.6) is 0 Å². The van der Waals surface area contributed by atoms with Crippen molar-refractivity contribution < 1.29 is 14.3 Å². The van der Waals surface area contributed by atoms with Crippen LogP contribution in [0.1, 0.15) is 29.5 Å². The van der Waals surface area contributed by atoms with E-state index in [0.29, 0.717) is 12.8 Å². The fourth-order valence-corrected chi connectivity index (χ4v) is 3.53. The van der Waals surface area contributed by atoms with Gasteiger partial charge in [0.1, 0.15) is 5.60 Å². The van der Waals surface area contributed by atoms with E-state index in [-0.39, 0.29) is 18.4 Å². The second-order valence-electron chi connectivity index (χ2n) is 6.93. The van der Waals surface area contributed by atoms with Gasteiger partial charge in [-0.1, -0.05) is 17.7 Å². The molecule has 1 aliphatic rings. The minimum atomic E-state index is -0.823. The van der Waals surface area contributed by atoms with Gasteiger partial charge in [0.25, 0.3) is 5.91 Å². The van der Waals surface area contributed by atoms with Crippen molar-refractivity contribution in [3.8, 4) is 0 Å². The molecule has 1 aromatic carbocycles. The first kappa shape index (κ1) is 19.4. The maximum Gasteiger partial charge on any atom is 0.255 e. The number of nitrogens with zero attached hydrogens (tertiary/aromatic N) is 1. The van der Waals surface area contributed by atoms with Gasteiger partial charge in [-0.05, 0) is 57.8 Å². The molecule has 1 saturated heterocycles. The van der Waals surface area contributed by atoms with Crippen molar-refractivity contribution >= 4 is 17.5 Å². The highest BCUT2D eigenvalue weighted by atomic mass is 16.5. The lowest BCUT2D eigenvalue weighted by Gasteiger charge is -2.37. The molecule has 0 unspecified atom stereocenters. The van der Waals surface area contributed by atoms with Crippen molar-refractivity contribution in [2.24, 2.45) is 0 Å². The number of nitrogens with one attached hydrogen (secondary N) is 2. The van der Waals surface area contributed by atoms with Crippen LogP contribution in [-0.2, 0) is 14.3 Å². The van der Waals surface area contributed by atoms with Crippen molar-refractivity contribution in [2.45, 2.75) is 39.2 Å². The Morgan fingerprint density at radius 3 is 2.28 bits per heavy atom. The maximum absolute atomic E-state index is 12.8. The molecule has 1 aromatic rings. The number of methoxy groups -OCH3 is 1. The topological polar surface area (TPSA) is 70.7 Å². The molecular formula is C19H29N3O3. The molecule has 2 N–H and O–H groups in total. The van der Waals surface area contributed by atoms with Gasteiger partial charge in [0.05, 0.1) is 6.54 Å². The third-order valence-electron chi connectivity index (χ3n) is 4.86. The van der Waals surface area contributed by atoms with E-state index in [4.69, 9.17) is 4.74 Å². The average Bonchev–Trinajstić information content (AvgIpc) is 2.58. The van der Waals surface area contributed by atoms with E-state index >= 15 is 0 Å². The summed E-state index contributed by atoms with van der Waals surface area (Å²) in [5, 5.41) is 6.17. The average molecular weight is 347 g/mol. The largest absolute Gasteiger partial charge is 0.368 e. The van der Waals surface area contributed by atoms with E-state index < -0.39 is 5.60 Å². The monoisotopic (exact) mass is 347 g/mol. The van der Waals surface area contributed by atoms with Crippen LogP contribution in [0.15, 0.2) is 12.1 Å². The molecule has 6 nitrogen and oxygen atoms in total. The number of piperidine rings is 1. The minimum absolute atomic E-state index is 0.00410. The van der Waals surface area contributed by atoms with Gasteiger partial charge in [-0.15, -0.1) is 0 Å². The molecular weight excluding hydrogens is 318 g/mol. The van der Waals surface area contributed by atoms with E-state index in [1.54, 1.807) is 14.2 Å². The van der Waals surface area contributed by atoms with Crippen LogP contribution >= 0.6 is 0 Å². The molecule has 0 radical (unpaired) electrons. The summed E-state index contributed by atoms with van der Waals surface area (Å²) in [5.41, 5.74) is 3.20. The fourth-order valence-electron chi connectivity index (χ4n) is 3.53. The van der Waals surface area contributed by atoms with Gasteiger partial charge < -0.3 is 20.3 Å². The third kappa shape index (κ3) is 4.38. The summed E-state index contributed by atoms with van der Waals surface area (Å²) in [6.45, 7) is 7.45. The lowest BCUT2D eigenvalue weighted by Crippen LogP contribution is -2.55. The predicted molar refractivity (Wildman–Crippen MR) is 98.8 cm³/mol. The van der Waals surface area contributed by atoms with Crippen molar-refractivity contribution in [3.05, 3.63) is 28.8 Å². The second kappa shape index (κ2) is 7.97. The smallest absolute Gasteiger partial charge is 0.255 e. The SMILES string of the molecule is COC1(C(=O)N(C)CC(=O)Nc2c(C)cc(C)cc2C)CCNCC1. The van der Waals surface area contributed by atoms with Crippen molar-refractivity contribution in [2.75, 3.05) is 39.1 Å². The Morgan fingerprint density at radius 1 is 1.20 bits per heavy atom. The molecule has 0 spiro atoms. The quantitative estimate of drug-likeness (QED) is 0.852. The predicted octanol–water partition coefficient (Wildman–Crippen LogP) is 1.78. The molecule has 1 fully saturated rings. The first-order chi connectivity index (χ1) is 11.8. The number of aryl methyl sites for hydroxylation is 3. The molecule has 0 aromatic heterocycles. The van der Waals surface area contributed by atoms with Crippen LogP contribution in [0.4, 0.5) is 5.69 Å². The summed E-state index contributed by atoms with van der Waals surface area (Å²) in [4.78, 5) is 26.7. The number of rotatable bonds is 5. The summed E-state index contributed by atoms with van der Waals surface area (Å²) >= 11 is 0. The van der Waals surface area contributed by atoms with Crippen LogP contribution in [-0.4, -0.2) is 56.1 Å². The first-order valence-electron chi connectivity index (χ1n) is 8.68. The number of ether oxygens (including phenoxy) is 1. The number of hydrogen-bond donors (Lipinski definition) is 2. The van der Waals surface area contributed by atoms with Crippen LogP contribution in [0, 0.1) is 20.8 Å². The number of likely N-dealkylation sites (N-methyl/N-ethyl adjacent to an activating group) is 1.